The molecule has 5 nitrogen and oxygen atoms in total. The summed E-state index contributed by atoms with van der Waals surface area (Å²) >= 11 is 0. The Hall–Kier alpha value is -0.650. The Labute approximate surface area is 117 Å². The lowest BCUT2D eigenvalue weighted by molar-refractivity contribution is -0.124. The SMILES string of the molecule is CNC(C)(CC(C)N1CC(C)C(N(C)C)C1)C(N)=O. The fourth-order valence-corrected chi connectivity index (χ4v) is 3.06. The van der Waals surface area contributed by atoms with Gasteiger partial charge in [-0.15, -0.1) is 0 Å². The van der Waals surface area contributed by atoms with E-state index in [9.17, 15) is 4.79 Å². The number of carbonyl (C=O) groups excluding carboxylic acids is 1. The van der Waals surface area contributed by atoms with Gasteiger partial charge in [0.2, 0.25) is 5.91 Å². The van der Waals surface area contributed by atoms with Crippen molar-refractivity contribution >= 4 is 5.91 Å². The molecule has 0 saturated carbocycles. The highest BCUT2D eigenvalue weighted by Crippen LogP contribution is 2.25. The minimum atomic E-state index is -0.626. The Morgan fingerprint density at radius 2 is 2.11 bits per heavy atom. The van der Waals surface area contributed by atoms with Crippen LogP contribution in [0.3, 0.4) is 0 Å². The van der Waals surface area contributed by atoms with E-state index >= 15 is 0 Å². The fourth-order valence-electron chi connectivity index (χ4n) is 3.06. The predicted molar refractivity (Wildman–Crippen MR) is 79.0 cm³/mol. The summed E-state index contributed by atoms with van der Waals surface area (Å²) in [5.74, 6) is 0.380. The highest BCUT2D eigenvalue weighted by Gasteiger charge is 2.37. The third-order valence-electron chi connectivity index (χ3n) is 4.69. The number of likely N-dealkylation sites (tertiary alicyclic amines) is 1. The maximum Gasteiger partial charge on any atom is 0.237 e. The minimum Gasteiger partial charge on any atom is -0.368 e. The lowest BCUT2D eigenvalue weighted by atomic mass is 9.92. The molecule has 19 heavy (non-hydrogen) atoms. The third kappa shape index (κ3) is 3.68. The fraction of sp³-hybridized carbons (Fsp3) is 0.929. The summed E-state index contributed by atoms with van der Waals surface area (Å²) in [4.78, 5) is 16.3. The molecule has 1 fully saturated rings. The van der Waals surface area contributed by atoms with Gasteiger partial charge >= 0.3 is 0 Å². The number of hydrogen-bond donors (Lipinski definition) is 2. The van der Waals surface area contributed by atoms with Crippen molar-refractivity contribution in [3.05, 3.63) is 0 Å². The van der Waals surface area contributed by atoms with Crippen molar-refractivity contribution < 1.29 is 4.79 Å². The summed E-state index contributed by atoms with van der Waals surface area (Å²) in [5, 5.41) is 3.07. The number of rotatable bonds is 6. The van der Waals surface area contributed by atoms with Crippen LogP contribution in [0.15, 0.2) is 0 Å². The molecule has 1 heterocycles. The van der Waals surface area contributed by atoms with Gasteiger partial charge in [0.25, 0.3) is 0 Å². The third-order valence-corrected chi connectivity index (χ3v) is 4.69. The second kappa shape index (κ2) is 6.20. The lowest BCUT2D eigenvalue weighted by Crippen LogP contribution is -2.55. The topological polar surface area (TPSA) is 61.6 Å². The van der Waals surface area contributed by atoms with E-state index < -0.39 is 5.54 Å². The molecule has 3 N–H and O–H groups in total. The summed E-state index contributed by atoms with van der Waals surface area (Å²) in [7, 11) is 6.07. The smallest absolute Gasteiger partial charge is 0.237 e. The van der Waals surface area contributed by atoms with Crippen LogP contribution in [0, 0.1) is 5.92 Å². The first kappa shape index (κ1) is 16.4. The van der Waals surface area contributed by atoms with Crippen molar-refractivity contribution in [2.45, 2.75) is 44.8 Å². The molecule has 0 aliphatic carbocycles. The molecule has 1 aliphatic rings. The highest BCUT2D eigenvalue weighted by atomic mass is 16.1. The van der Waals surface area contributed by atoms with Crippen molar-refractivity contribution in [3.8, 4) is 0 Å². The number of nitrogens with zero attached hydrogens (tertiary/aromatic N) is 2. The number of likely N-dealkylation sites (N-methyl/N-ethyl adjacent to an activating group) is 2. The standard InChI is InChI=1S/C14H30N4O/c1-10-8-18(9-12(10)17(5)6)11(2)7-14(3,16-4)13(15)19/h10-12,16H,7-9H2,1-6H3,(H2,15,19). The van der Waals surface area contributed by atoms with Crippen LogP contribution in [0.1, 0.15) is 27.2 Å². The molecule has 112 valence electrons. The molecule has 4 atom stereocenters. The van der Waals surface area contributed by atoms with E-state index in [1.807, 2.05) is 6.92 Å². The minimum absolute atomic E-state index is 0.279. The van der Waals surface area contributed by atoms with Crippen LogP contribution >= 0.6 is 0 Å². The van der Waals surface area contributed by atoms with Gasteiger partial charge in [0.15, 0.2) is 0 Å². The summed E-state index contributed by atoms with van der Waals surface area (Å²) in [6.45, 7) is 8.51. The molecular weight excluding hydrogens is 240 g/mol. The van der Waals surface area contributed by atoms with Crippen molar-refractivity contribution in [3.63, 3.8) is 0 Å². The maximum atomic E-state index is 11.6. The van der Waals surface area contributed by atoms with Gasteiger partial charge in [-0.1, -0.05) is 6.92 Å². The lowest BCUT2D eigenvalue weighted by Gasteiger charge is -2.33. The Morgan fingerprint density at radius 3 is 2.47 bits per heavy atom. The van der Waals surface area contributed by atoms with Crippen LogP contribution in [0.2, 0.25) is 0 Å². The van der Waals surface area contributed by atoms with Crippen LogP contribution in [0.4, 0.5) is 0 Å². The van der Waals surface area contributed by atoms with Crippen LogP contribution in [0.5, 0.6) is 0 Å². The summed E-state index contributed by atoms with van der Waals surface area (Å²) < 4.78 is 0. The van der Waals surface area contributed by atoms with E-state index in [1.165, 1.54) is 0 Å². The summed E-state index contributed by atoms with van der Waals surface area (Å²) in [5.41, 5.74) is 4.88. The molecule has 0 aromatic heterocycles. The number of hydrogen-bond acceptors (Lipinski definition) is 4. The van der Waals surface area contributed by atoms with E-state index in [4.69, 9.17) is 5.73 Å². The van der Waals surface area contributed by atoms with Gasteiger partial charge in [-0.2, -0.15) is 0 Å². The quantitative estimate of drug-likeness (QED) is 0.719. The van der Waals surface area contributed by atoms with Gasteiger partial charge in [-0.05, 0) is 47.3 Å². The van der Waals surface area contributed by atoms with Crippen LogP contribution in [0.25, 0.3) is 0 Å². The van der Waals surface area contributed by atoms with E-state index in [-0.39, 0.29) is 5.91 Å². The highest BCUT2D eigenvalue weighted by molar-refractivity contribution is 5.84. The van der Waals surface area contributed by atoms with Crippen molar-refractivity contribution in [1.29, 1.82) is 0 Å². The van der Waals surface area contributed by atoms with Gasteiger partial charge in [-0.25, -0.2) is 0 Å². The van der Waals surface area contributed by atoms with E-state index in [2.05, 4.69) is 43.1 Å². The number of primary amides is 1. The van der Waals surface area contributed by atoms with Crippen molar-refractivity contribution in [2.24, 2.45) is 11.7 Å². The molecular formula is C14H30N4O. The zero-order valence-electron chi connectivity index (χ0n) is 13.2. The summed E-state index contributed by atoms with van der Waals surface area (Å²) in [6, 6.07) is 0.939. The van der Waals surface area contributed by atoms with Crippen LogP contribution < -0.4 is 11.1 Å². The molecule has 4 unspecified atom stereocenters. The van der Waals surface area contributed by atoms with E-state index in [0.29, 0.717) is 18.0 Å². The summed E-state index contributed by atoms with van der Waals surface area (Å²) in [6.07, 6.45) is 0.742. The Bertz CT molecular complexity index is 321. The molecule has 1 rings (SSSR count). The Kier molecular flexibility index (Phi) is 5.35. The number of carbonyl (C=O) groups is 1. The molecule has 0 radical (unpaired) electrons. The monoisotopic (exact) mass is 270 g/mol. The zero-order valence-corrected chi connectivity index (χ0v) is 13.2. The first-order chi connectivity index (χ1) is 8.71. The molecule has 1 aliphatic heterocycles. The molecule has 0 aromatic carbocycles. The Morgan fingerprint density at radius 1 is 1.53 bits per heavy atom. The van der Waals surface area contributed by atoms with Gasteiger partial charge in [-0.3, -0.25) is 9.69 Å². The first-order valence-electron chi connectivity index (χ1n) is 7.10. The first-order valence-corrected chi connectivity index (χ1v) is 7.10. The van der Waals surface area contributed by atoms with E-state index in [1.54, 1.807) is 7.05 Å². The van der Waals surface area contributed by atoms with Crippen LogP contribution in [-0.4, -0.2) is 67.6 Å². The average Bonchev–Trinajstić information content (AvgIpc) is 2.71. The zero-order chi connectivity index (χ0) is 14.8. The van der Waals surface area contributed by atoms with Crippen molar-refractivity contribution in [2.75, 3.05) is 34.2 Å². The van der Waals surface area contributed by atoms with E-state index in [0.717, 1.165) is 19.5 Å². The largest absolute Gasteiger partial charge is 0.368 e. The molecule has 1 amide bonds. The second-order valence-electron chi connectivity index (χ2n) is 6.46. The molecule has 1 saturated heterocycles. The molecule has 0 bridgehead atoms. The van der Waals surface area contributed by atoms with Gasteiger partial charge in [0, 0.05) is 25.2 Å². The van der Waals surface area contributed by atoms with Gasteiger partial charge in [0.1, 0.15) is 0 Å². The second-order valence-corrected chi connectivity index (χ2v) is 6.46. The maximum absolute atomic E-state index is 11.6. The number of nitrogens with one attached hydrogen (secondary N) is 1. The Balaban J connectivity index is 2.65. The normalized spacial score (nSPS) is 29.4. The average molecular weight is 270 g/mol. The molecule has 5 heteroatoms. The number of nitrogens with two attached hydrogens (primary N) is 1. The van der Waals surface area contributed by atoms with Crippen molar-refractivity contribution in [1.82, 2.24) is 15.1 Å². The molecule has 0 aromatic rings. The predicted octanol–water partition coefficient (Wildman–Crippen LogP) is 0.110. The number of amides is 1. The molecule has 0 spiro atoms. The van der Waals surface area contributed by atoms with Crippen LogP contribution in [-0.2, 0) is 4.79 Å². The van der Waals surface area contributed by atoms with Gasteiger partial charge in [0.05, 0.1) is 5.54 Å². The van der Waals surface area contributed by atoms with Gasteiger partial charge < -0.3 is 16.0 Å².